The fourth-order valence-corrected chi connectivity index (χ4v) is 1.84. The molecule has 4 heteroatoms. The van der Waals surface area contributed by atoms with Gasteiger partial charge in [-0.25, -0.2) is 0 Å². The smallest absolute Gasteiger partial charge is 0.240 e. The number of likely N-dealkylation sites (N-methyl/N-ethyl adjacent to an activating group) is 1. The van der Waals surface area contributed by atoms with Crippen LogP contribution in [0.2, 0.25) is 0 Å². The van der Waals surface area contributed by atoms with Crippen molar-refractivity contribution in [3.63, 3.8) is 0 Å². The van der Waals surface area contributed by atoms with Crippen LogP contribution in [0.3, 0.4) is 0 Å². The maximum atomic E-state index is 11.1. The number of carbonyl (C=O) groups excluding carboxylic acids is 1. The Bertz CT molecular complexity index is 126. The summed E-state index contributed by atoms with van der Waals surface area (Å²) < 4.78 is 0. The summed E-state index contributed by atoms with van der Waals surface area (Å²) in [5, 5.41) is 0. The molecule has 1 aliphatic rings. The Balaban J connectivity index is 2.55. The third-order valence-corrected chi connectivity index (χ3v) is 2.63. The molecule has 1 unspecified atom stereocenters. The molecule has 1 rings (SSSR count). The number of amides is 1. The second-order valence-electron chi connectivity index (χ2n) is 2.44. The summed E-state index contributed by atoms with van der Waals surface area (Å²) in [4.78, 5) is 12.8. The largest absolute Gasteiger partial charge is 0.344 e. The minimum atomic E-state index is -0.280. The molecular weight excluding hydrogens is 148 g/mol. The van der Waals surface area contributed by atoms with E-state index in [4.69, 9.17) is 5.73 Å². The first-order valence-electron chi connectivity index (χ1n) is 3.30. The zero-order valence-electron chi connectivity index (χ0n) is 6.04. The van der Waals surface area contributed by atoms with E-state index in [0.29, 0.717) is 0 Å². The molecule has 58 valence electrons. The molecule has 1 heterocycles. The Morgan fingerprint density at radius 1 is 1.80 bits per heavy atom. The predicted molar refractivity (Wildman–Crippen MR) is 42.9 cm³/mol. The van der Waals surface area contributed by atoms with E-state index in [2.05, 4.69) is 0 Å². The third kappa shape index (κ3) is 1.64. The summed E-state index contributed by atoms with van der Waals surface area (Å²) in [6.45, 7) is 0.831. The van der Waals surface area contributed by atoms with Crippen LogP contribution in [0.1, 0.15) is 0 Å². The van der Waals surface area contributed by atoms with Gasteiger partial charge in [-0.15, -0.1) is 0 Å². The van der Waals surface area contributed by atoms with Crippen molar-refractivity contribution in [2.75, 3.05) is 25.1 Å². The fraction of sp³-hybridized carbons (Fsp3) is 0.833. The lowest BCUT2D eigenvalue weighted by molar-refractivity contribution is -0.130. The normalized spacial score (nSPS) is 28.4. The highest BCUT2D eigenvalue weighted by atomic mass is 32.2. The number of hydrogen-bond donors (Lipinski definition) is 1. The van der Waals surface area contributed by atoms with Gasteiger partial charge in [-0.3, -0.25) is 4.79 Å². The highest BCUT2D eigenvalue weighted by Crippen LogP contribution is 2.08. The molecule has 1 saturated heterocycles. The summed E-state index contributed by atoms with van der Waals surface area (Å²) in [5.74, 6) is 1.85. The number of nitrogens with zero attached hydrogens (tertiary/aromatic N) is 1. The molecule has 10 heavy (non-hydrogen) atoms. The molecule has 0 aromatic heterocycles. The average Bonchev–Trinajstić information content (AvgIpc) is 2.04. The molecular formula is C6H12N2OS. The van der Waals surface area contributed by atoms with E-state index in [9.17, 15) is 4.79 Å². The number of hydrogen-bond acceptors (Lipinski definition) is 3. The van der Waals surface area contributed by atoms with Gasteiger partial charge in [0.05, 0.1) is 6.04 Å². The Labute approximate surface area is 64.9 Å². The van der Waals surface area contributed by atoms with E-state index < -0.39 is 0 Å². The van der Waals surface area contributed by atoms with Gasteiger partial charge in [-0.2, -0.15) is 11.8 Å². The second kappa shape index (κ2) is 3.25. The minimum absolute atomic E-state index is 0.0741. The van der Waals surface area contributed by atoms with Gasteiger partial charge in [0.2, 0.25) is 5.91 Å². The van der Waals surface area contributed by atoms with Crippen LogP contribution in [0.4, 0.5) is 0 Å². The van der Waals surface area contributed by atoms with Gasteiger partial charge in [-0.05, 0) is 0 Å². The van der Waals surface area contributed by atoms with Gasteiger partial charge < -0.3 is 10.6 Å². The van der Waals surface area contributed by atoms with Crippen LogP contribution in [0.15, 0.2) is 0 Å². The zero-order chi connectivity index (χ0) is 7.56. The van der Waals surface area contributed by atoms with Crippen molar-refractivity contribution in [1.82, 2.24) is 4.90 Å². The summed E-state index contributed by atoms with van der Waals surface area (Å²) in [6, 6.07) is -0.280. The van der Waals surface area contributed by atoms with Crippen molar-refractivity contribution < 1.29 is 4.79 Å². The number of thioether (sulfide) groups is 1. The molecule has 1 atom stereocenters. The first kappa shape index (κ1) is 7.88. The lowest BCUT2D eigenvalue weighted by Crippen LogP contribution is -2.41. The number of nitrogens with two attached hydrogens (primary N) is 1. The van der Waals surface area contributed by atoms with Crippen molar-refractivity contribution in [3.8, 4) is 0 Å². The molecule has 0 radical (unpaired) electrons. The predicted octanol–water partition coefficient (Wildman–Crippen LogP) is -0.481. The van der Waals surface area contributed by atoms with E-state index in [1.807, 2.05) is 0 Å². The summed E-state index contributed by atoms with van der Waals surface area (Å²) >= 11 is 1.74. The maximum Gasteiger partial charge on any atom is 0.240 e. The van der Waals surface area contributed by atoms with Crippen LogP contribution >= 0.6 is 11.8 Å². The number of rotatable bonds is 0. The third-order valence-electron chi connectivity index (χ3n) is 1.56. The molecule has 1 aliphatic heterocycles. The molecule has 0 bridgehead atoms. The second-order valence-corrected chi connectivity index (χ2v) is 3.59. The van der Waals surface area contributed by atoms with Crippen molar-refractivity contribution in [2.24, 2.45) is 5.73 Å². The first-order chi connectivity index (χ1) is 4.72. The summed E-state index contributed by atoms with van der Waals surface area (Å²) in [7, 11) is 1.80. The molecule has 0 aromatic rings. The monoisotopic (exact) mass is 160 g/mol. The van der Waals surface area contributed by atoms with Gasteiger partial charge in [0.1, 0.15) is 0 Å². The quantitative estimate of drug-likeness (QED) is 0.520. The van der Waals surface area contributed by atoms with Crippen molar-refractivity contribution in [2.45, 2.75) is 6.04 Å². The van der Waals surface area contributed by atoms with Crippen molar-refractivity contribution in [1.29, 1.82) is 0 Å². The molecule has 2 N–H and O–H groups in total. The van der Waals surface area contributed by atoms with E-state index in [-0.39, 0.29) is 11.9 Å². The van der Waals surface area contributed by atoms with Crippen LogP contribution in [-0.4, -0.2) is 41.9 Å². The van der Waals surface area contributed by atoms with Crippen LogP contribution in [0.5, 0.6) is 0 Å². The van der Waals surface area contributed by atoms with Crippen molar-refractivity contribution >= 4 is 17.7 Å². The van der Waals surface area contributed by atoms with E-state index in [1.54, 1.807) is 23.7 Å². The van der Waals surface area contributed by atoms with Gasteiger partial charge in [-0.1, -0.05) is 0 Å². The maximum absolute atomic E-state index is 11.1. The molecule has 1 amide bonds. The Morgan fingerprint density at radius 3 is 3.20 bits per heavy atom. The molecule has 0 aliphatic carbocycles. The van der Waals surface area contributed by atoms with Crippen LogP contribution in [0, 0.1) is 0 Å². The lowest BCUT2D eigenvalue weighted by atomic mass is 10.3. The Hall–Kier alpha value is -0.220. The highest BCUT2D eigenvalue weighted by Gasteiger charge is 2.20. The SMILES string of the molecule is CN1CCSCC(N)C1=O. The fourth-order valence-electron chi connectivity index (χ4n) is 0.876. The molecule has 1 fully saturated rings. The summed E-state index contributed by atoms with van der Waals surface area (Å²) in [6.07, 6.45) is 0. The van der Waals surface area contributed by atoms with Crippen LogP contribution in [0.25, 0.3) is 0 Å². The minimum Gasteiger partial charge on any atom is -0.344 e. The van der Waals surface area contributed by atoms with Gasteiger partial charge >= 0.3 is 0 Å². The lowest BCUT2D eigenvalue weighted by Gasteiger charge is -2.15. The first-order valence-corrected chi connectivity index (χ1v) is 4.45. The van der Waals surface area contributed by atoms with Crippen molar-refractivity contribution in [3.05, 3.63) is 0 Å². The van der Waals surface area contributed by atoms with Crippen LogP contribution in [-0.2, 0) is 4.79 Å². The highest BCUT2D eigenvalue weighted by molar-refractivity contribution is 7.99. The van der Waals surface area contributed by atoms with E-state index >= 15 is 0 Å². The number of carbonyl (C=O) groups is 1. The van der Waals surface area contributed by atoms with Gasteiger partial charge in [0.25, 0.3) is 0 Å². The molecule has 3 nitrogen and oxygen atoms in total. The standard InChI is InChI=1S/C6H12N2OS/c1-8-2-3-10-4-5(7)6(8)9/h5H,2-4,7H2,1H3. The molecule has 0 saturated carbocycles. The topological polar surface area (TPSA) is 46.3 Å². The van der Waals surface area contributed by atoms with E-state index in [0.717, 1.165) is 18.1 Å². The molecule has 0 spiro atoms. The Morgan fingerprint density at radius 2 is 2.50 bits per heavy atom. The van der Waals surface area contributed by atoms with Gasteiger partial charge in [0, 0.05) is 25.1 Å². The van der Waals surface area contributed by atoms with E-state index in [1.165, 1.54) is 0 Å². The summed E-state index contributed by atoms with van der Waals surface area (Å²) in [5.41, 5.74) is 5.56. The zero-order valence-corrected chi connectivity index (χ0v) is 6.86. The molecule has 0 aromatic carbocycles. The Kier molecular flexibility index (Phi) is 2.56. The average molecular weight is 160 g/mol. The van der Waals surface area contributed by atoms with Gasteiger partial charge in [0.15, 0.2) is 0 Å². The van der Waals surface area contributed by atoms with Crippen LogP contribution < -0.4 is 5.73 Å².